The van der Waals surface area contributed by atoms with Crippen LogP contribution in [0.5, 0.6) is 11.5 Å². The van der Waals surface area contributed by atoms with Gasteiger partial charge in [-0.3, -0.25) is 0 Å². The molecule has 0 unspecified atom stereocenters. The lowest BCUT2D eigenvalue weighted by atomic mass is 9.85. The van der Waals surface area contributed by atoms with E-state index in [0.717, 1.165) is 31.2 Å². The van der Waals surface area contributed by atoms with Crippen molar-refractivity contribution in [3.8, 4) is 11.5 Å². The first-order valence-corrected chi connectivity index (χ1v) is 8.47. The normalized spacial score (nSPS) is 17.3. The van der Waals surface area contributed by atoms with Gasteiger partial charge in [0.1, 0.15) is 0 Å². The number of hydrogen-bond donors (Lipinski definition) is 2. The van der Waals surface area contributed by atoms with Gasteiger partial charge in [0, 0.05) is 13.1 Å². The number of methoxy groups -OCH3 is 1. The van der Waals surface area contributed by atoms with E-state index in [1.165, 1.54) is 13.5 Å². The SMILES string of the molecule is COc1cc(CNCC2(O)CCCCC2)cc(Br)c1OC(F)F. The molecule has 0 bridgehead atoms. The Hall–Kier alpha value is -0.920. The van der Waals surface area contributed by atoms with Crippen LogP contribution in [0.2, 0.25) is 0 Å². The molecule has 0 aromatic heterocycles. The zero-order valence-corrected chi connectivity index (χ0v) is 14.7. The molecule has 1 aliphatic carbocycles. The standard InChI is InChI=1S/C16H22BrF2NO3/c1-22-13-8-11(7-12(17)14(13)23-15(18)19)9-20-10-16(21)5-3-2-4-6-16/h7-8,15,20-21H,2-6,9-10H2,1H3. The molecule has 0 amide bonds. The van der Waals surface area contributed by atoms with Gasteiger partial charge in [0.15, 0.2) is 11.5 Å². The van der Waals surface area contributed by atoms with E-state index >= 15 is 0 Å². The van der Waals surface area contributed by atoms with Crippen molar-refractivity contribution in [2.75, 3.05) is 13.7 Å². The van der Waals surface area contributed by atoms with E-state index in [1.807, 2.05) is 0 Å². The molecule has 0 heterocycles. The van der Waals surface area contributed by atoms with Gasteiger partial charge in [-0.25, -0.2) is 0 Å². The van der Waals surface area contributed by atoms with Gasteiger partial charge in [-0.1, -0.05) is 19.3 Å². The predicted molar refractivity (Wildman–Crippen MR) is 87.1 cm³/mol. The van der Waals surface area contributed by atoms with E-state index in [1.54, 1.807) is 12.1 Å². The summed E-state index contributed by atoms with van der Waals surface area (Å²) in [7, 11) is 1.40. The van der Waals surface area contributed by atoms with E-state index in [9.17, 15) is 13.9 Å². The third-order valence-corrected chi connectivity index (χ3v) is 4.65. The molecule has 1 aromatic rings. The zero-order chi connectivity index (χ0) is 16.9. The monoisotopic (exact) mass is 393 g/mol. The summed E-state index contributed by atoms with van der Waals surface area (Å²) in [5.41, 5.74) is 0.216. The number of alkyl halides is 2. The molecule has 1 aliphatic rings. The fourth-order valence-electron chi connectivity index (χ4n) is 2.90. The van der Waals surface area contributed by atoms with Crippen LogP contribution in [-0.4, -0.2) is 31.0 Å². The Morgan fingerprint density at radius 3 is 2.61 bits per heavy atom. The molecule has 1 aromatic carbocycles. The lowest BCUT2D eigenvalue weighted by Crippen LogP contribution is -2.41. The molecule has 2 rings (SSSR count). The molecular formula is C16H22BrF2NO3. The molecule has 23 heavy (non-hydrogen) atoms. The molecule has 1 fully saturated rings. The largest absolute Gasteiger partial charge is 0.493 e. The smallest absolute Gasteiger partial charge is 0.387 e. The average molecular weight is 394 g/mol. The summed E-state index contributed by atoms with van der Waals surface area (Å²) in [5, 5.41) is 13.7. The molecular weight excluding hydrogens is 372 g/mol. The van der Waals surface area contributed by atoms with Crippen molar-refractivity contribution in [2.24, 2.45) is 0 Å². The maximum atomic E-state index is 12.4. The third kappa shape index (κ3) is 5.29. The van der Waals surface area contributed by atoms with Gasteiger partial charge in [0.25, 0.3) is 0 Å². The Bertz CT molecular complexity index is 522. The molecule has 4 nitrogen and oxygen atoms in total. The molecule has 2 N–H and O–H groups in total. The molecule has 0 radical (unpaired) electrons. The summed E-state index contributed by atoms with van der Waals surface area (Å²) in [6.45, 7) is -1.89. The maximum absolute atomic E-state index is 12.4. The summed E-state index contributed by atoms with van der Waals surface area (Å²) in [5.74, 6) is 0.227. The molecule has 0 atom stereocenters. The highest BCUT2D eigenvalue weighted by Crippen LogP contribution is 2.37. The van der Waals surface area contributed by atoms with E-state index < -0.39 is 12.2 Å². The fourth-order valence-corrected chi connectivity index (χ4v) is 3.49. The van der Waals surface area contributed by atoms with Crippen molar-refractivity contribution in [1.82, 2.24) is 5.32 Å². The second-order valence-corrected chi connectivity index (χ2v) is 6.73. The lowest BCUT2D eigenvalue weighted by Gasteiger charge is -2.32. The average Bonchev–Trinajstić information content (AvgIpc) is 2.50. The van der Waals surface area contributed by atoms with Crippen LogP contribution < -0.4 is 14.8 Å². The van der Waals surface area contributed by atoms with Crippen molar-refractivity contribution in [3.63, 3.8) is 0 Å². The van der Waals surface area contributed by atoms with Crippen LogP contribution in [0.1, 0.15) is 37.7 Å². The minimum Gasteiger partial charge on any atom is -0.493 e. The van der Waals surface area contributed by atoms with Crippen LogP contribution in [-0.2, 0) is 6.54 Å². The minimum absolute atomic E-state index is 0.0165. The van der Waals surface area contributed by atoms with Crippen molar-refractivity contribution in [3.05, 3.63) is 22.2 Å². The van der Waals surface area contributed by atoms with Crippen molar-refractivity contribution < 1.29 is 23.4 Å². The molecule has 0 aliphatic heterocycles. The summed E-state index contributed by atoms with van der Waals surface area (Å²) < 4.78 is 34.9. The molecule has 7 heteroatoms. The van der Waals surface area contributed by atoms with Crippen LogP contribution in [0.4, 0.5) is 8.78 Å². The molecule has 0 saturated heterocycles. The fraction of sp³-hybridized carbons (Fsp3) is 0.625. The van der Waals surface area contributed by atoms with Crippen LogP contribution in [0, 0.1) is 0 Å². The van der Waals surface area contributed by atoms with Crippen molar-refractivity contribution in [2.45, 2.75) is 50.9 Å². The summed E-state index contributed by atoms with van der Waals surface area (Å²) in [6, 6.07) is 3.36. The minimum atomic E-state index is -2.91. The summed E-state index contributed by atoms with van der Waals surface area (Å²) in [4.78, 5) is 0. The van der Waals surface area contributed by atoms with Gasteiger partial charge in [-0.05, 0) is 46.5 Å². The van der Waals surface area contributed by atoms with E-state index in [0.29, 0.717) is 17.6 Å². The first kappa shape index (κ1) is 18.4. The highest BCUT2D eigenvalue weighted by Gasteiger charge is 2.28. The van der Waals surface area contributed by atoms with Gasteiger partial charge < -0.3 is 19.9 Å². The molecule has 0 spiro atoms. The highest BCUT2D eigenvalue weighted by molar-refractivity contribution is 9.10. The number of aliphatic hydroxyl groups is 1. The molecule has 1 saturated carbocycles. The first-order valence-electron chi connectivity index (χ1n) is 7.68. The highest BCUT2D eigenvalue weighted by atomic mass is 79.9. The summed E-state index contributed by atoms with van der Waals surface area (Å²) in [6.07, 6.45) is 4.91. The lowest BCUT2D eigenvalue weighted by molar-refractivity contribution is -0.0517. The number of halogens is 3. The quantitative estimate of drug-likeness (QED) is 0.738. The topological polar surface area (TPSA) is 50.7 Å². The van der Waals surface area contributed by atoms with Crippen molar-refractivity contribution >= 4 is 15.9 Å². The van der Waals surface area contributed by atoms with Gasteiger partial charge in [0.2, 0.25) is 0 Å². The number of hydrogen-bond acceptors (Lipinski definition) is 4. The van der Waals surface area contributed by atoms with Crippen LogP contribution in [0.15, 0.2) is 16.6 Å². The maximum Gasteiger partial charge on any atom is 0.387 e. The van der Waals surface area contributed by atoms with Gasteiger partial charge >= 0.3 is 6.61 Å². The number of nitrogens with one attached hydrogen (secondary N) is 1. The third-order valence-electron chi connectivity index (χ3n) is 4.06. The van der Waals surface area contributed by atoms with Crippen LogP contribution >= 0.6 is 15.9 Å². The van der Waals surface area contributed by atoms with E-state index in [-0.39, 0.29) is 11.5 Å². The first-order chi connectivity index (χ1) is 10.9. The summed E-state index contributed by atoms with van der Waals surface area (Å²) >= 11 is 3.23. The second kappa shape index (κ2) is 8.26. The van der Waals surface area contributed by atoms with Crippen molar-refractivity contribution in [1.29, 1.82) is 0 Å². The Morgan fingerprint density at radius 1 is 1.30 bits per heavy atom. The Balaban J connectivity index is 1.98. The van der Waals surface area contributed by atoms with E-state index in [2.05, 4.69) is 26.0 Å². The van der Waals surface area contributed by atoms with Crippen LogP contribution in [0.3, 0.4) is 0 Å². The van der Waals surface area contributed by atoms with Gasteiger partial charge in [-0.15, -0.1) is 0 Å². The van der Waals surface area contributed by atoms with E-state index in [4.69, 9.17) is 4.74 Å². The van der Waals surface area contributed by atoms with Gasteiger partial charge in [-0.2, -0.15) is 8.78 Å². The number of benzene rings is 1. The zero-order valence-electron chi connectivity index (χ0n) is 13.1. The van der Waals surface area contributed by atoms with Crippen LogP contribution in [0.25, 0.3) is 0 Å². The van der Waals surface area contributed by atoms with Gasteiger partial charge in [0.05, 0.1) is 17.2 Å². The Labute approximate surface area is 143 Å². The number of ether oxygens (including phenoxy) is 2. The Kier molecular flexibility index (Phi) is 6.61. The second-order valence-electron chi connectivity index (χ2n) is 5.88. The molecule has 130 valence electrons. The predicted octanol–water partition coefficient (Wildman–Crippen LogP) is 3.84. The Morgan fingerprint density at radius 2 is 2.00 bits per heavy atom. The number of rotatable bonds is 7.